The second kappa shape index (κ2) is 9.81. The summed E-state index contributed by atoms with van der Waals surface area (Å²) in [6, 6.07) is 17.5. The molecule has 0 spiro atoms. The van der Waals surface area contributed by atoms with Gasteiger partial charge in [0.2, 0.25) is 0 Å². The lowest BCUT2D eigenvalue weighted by Crippen LogP contribution is -2.51. The van der Waals surface area contributed by atoms with Crippen molar-refractivity contribution in [3.8, 4) is 22.8 Å². The molecule has 1 fully saturated rings. The maximum atomic E-state index is 13.1. The molecule has 4 rings (SSSR count). The molecule has 0 bridgehead atoms. The van der Waals surface area contributed by atoms with Gasteiger partial charge in [0, 0.05) is 35.7 Å². The van der Waals surface area contributed by atoms with Crippen LogP contribution in [0.1, 0.15) is 28.9 Å². The van der Waals surface area contributed by atoms with E-state index in [2.05, 4.69) is 24.4 Å². The number of pyridine rings is 1. The van der Waals surface area contributed by atoms with Crippen LogP contribution >= 0.6 is 0 Å². The number of aryl methyl sites for hydroxylation is 1. The number of ketones is 1. The largest absolute Gasteiger partial charge is 0.457 e. The number of Topliss-reactive ketones (excluding diaryl/α,β-unsaturated/α-hetero) is 1. The fourth-order valence-electron chi connectivity index (χ4n) is 4.12. The number of nitrogens with one attached hydrogen (secondary N) is 1. The molecule has 1 aliphatic rings. The monoisotopic (exact) mass is 448 g/mol. The van der Waals surface area contributed by atoms with Gasteiger partial charge in [0.25, 0.3) is 0 Å². The number of hydrogen-bond donors (Lipinski definition) is 1. The van der Waals surface area contributed by atoms with Crippen molar-refractivity contribution in [2.45, 2.75) is 25.8 Å². The number of carbonyl (C=O) groups is 1. The molecule has 0 radical (unpaired) electrons. The van der Waals surface area contributed by atoms with E-state index in [-0.39, 0.29) is 11.6 Å². The van der Waals surface area contributed by atoms with Gasteiger partial charge in [0.05, 0.1) is 39.4 Å². The topological polar surface area (TPSA) is 51.2 Å². The molecule has 5 nitrogen and oxygen atoms in total. The molecular weight excluding hydrogens is 417 g/mol. The van der Waals surface area contributed by atoms with Gasteiger partial charge in [-0.1, -0.05) is 0 Å². The van der Waals surface area contributed by atoms with Crippen LogP contribution in [0.15, 0.2) is 60.7 Å². The highest BCUT2D eigenvalue weighted by Gasteiger charge is 2.26. The first kappa shape index (κ1) is 23.1. The molecular formula is C27H31FN3O2+. The number of nitrogens with zero attached hydrogens (tertiary/aromatic N) is 2. The Morgan fingerprint density at radius 1 is 1.03 bits per heavy atom. The molecule has 0 amide bonds. The van der Waals surface area contributed by atoms with E-state index in [0.29, 0.717) is 29.6 Å². The third-order valence-corrected chi connectivity index (χ3v) is 6.19. The molecule has 33 heavy (non-hydrogen) atoms. The molecule has 6 heteroatoms. The number of aromatic nitrogens is 1. The Balaban J connectivity index is 1.41. The van der Waals surface area contributed by atoms with Crippen molar-refractivity contribution >= 4 is 5.78 Å². The summed E-state index contributed by atoms with van der Waals surface area (Å²) in [6.07, 6.45) is 2.18. The first-order valence-electron chi connectivity index (χ1n) is 11.4. The van der Waals surface area contributed by atoms with Gasteiger partial charge in [-0.05, 0) is 67.6 Å². The molecule has 1 aliphatic heterocycles. The van der Waals surface area contributed by atoms with E-state index < -0.39 is 0 Å². The molecule has 0 saturated carbocycles. The predicted molar refractivity (Wildman–Crippen MR) is 128 cm³/mol. The number of piperidine rings is 1. The average Bonchev–Trinajstić information content (AvgIpc) is 2.80. The van der Waals surface area contributed by atoms with E-state index in [1.165, 1.54) is 12.1 Å². The van der Waals surface area contributed by atoms with Crippen LogP contribution < -0.4 is 10.1 Å². The number of likely N-dealkylation sites (tertiary alicyclic amines) is 1. The van der Waals surface area contributed by atoms with Crippen LogP contribution in [-0.2, 0) is 0 Å². The van der Waals surface area contributed by atoms with Gasteiger partial charge in [-0.3, -0.25) is 9.78 Å². The Hall–Kier alpha value is -3.09. The van der Waals surface area contributed by atoms with Crippen molar-refractivity contribution in [3.05, 3.63) is 77.7 Å². The molecule has 1 N–H and O–H groups in total. The highest BCUT2D eigenvalue weighted by Crippen LogP contribution is 2.26. The van der Waals surface area contributed by atoms with Gasteiger partial charge < -0.3 is 14.5 Å². The normalized spacial score (nSPS) is 15.9. The SMILES string of the molecule is Cc1cc(C(=O)CNC2CC[N+](C)(C)CC2)cc(-c2ccc(Oc3ccc(F)cc3)cc2)n1. The maximum absolute atomic E-state index is 13.1. The minimum Gasteiger partial charge on any atom is -0.457 e. The smallest absolute Gasteiger partial charge is 0.176 e. The molecule has 172 valence electrons. The zero-order valence-corrected chi connectivity index (χ0v) is 19.5. The zero-order chi connectivity index (χ0) is 23.4. The lowest BCUT2D eigenvalue weighted by molar-refractivity contribution is -0.895. The summed E-state index contributed by atoms with van der Waals surface area (Å²) in [5.74, 6) is 0.995. The molecule has 2 aromatic carbocycles. The fourth-order valence-corrected chi connectivity index (χ4v) is 4.12. The Morgan fingerprint density at radius 3 is 2.27 bits per heavy atom. The summed E-state index contributed by atoms with van der Waals surface area (Å²) in [7, 11) is 4.51. The summed E-state index contributed by atoms with van der Waals surface area (Å²) in [5, 5.41) is 3.45. The minimum atomic E-state index is -0.300. The number of rotatable bonds is 7. The lowest BCUT2D eigenvalue weighted by Gasteiger charge is -2.37. The second-order valence-electron chi connectivity index (χ2n) is 9.42. The van der Waals surface area contributed by atoms with Crippen molar-refractivity contribution < 1.29 is 18.4 Å². The molecule has 3 aromatic rings. The fraction of sp³-hybridized carbons (Fsp3) is 0.333. The molecule has 1 aromatic heterocycles. The highest BCUT2D eigenvalue weighted by atomic mass is 19.1. The van der Waals surface area contributed by atoms with Gasteiger partial charge in [0.15, 0.2) is 5.78 Å². The van der Waals surface area contributed by atoms with Gasteiger partial charge in [-0.2, -0.15) is 0 Å². The second-order valence-corrected chi connectivity index (χ2v) is 9.42. The number of quaternary nitrogens is 1. The van der Waals surface area contributed by atoms with E-state index in [9.17, 15) is 9.18 Å². The van der Waals surface area contributed by atoms with Crippen molar-refractivity contribution in [2.24, 2.45) is 0 Å². The van der Waals surface area contributed by atoms with Gasteiger partial charge in [-0.15, -0.1) is 0 Å². The number of halogens is 1. The average molecular weight is 449 g/mol. The minimum absolute atomic E-state index is 0.0809. The van der Waals surface area contributed by atoms with Gasteiger partial charge in [-0.25, -0.2) is 4.39 Å². The van der Waals surface area contributed by atoms with E-state index in [1.54, 1.807) is 12.1 Å². The van der Waals surface area contributed by atoms with Crippen molar-refractivity contribution in [1.82, 2.24) is 10.3 Å². The van der Waals surface area contributed by atoms with E-state index in [0.717, 1.165) is 47.4 Å². The number of carbonyl (C=O) groups excluding carboxylic acids is 1. The van der Waals surface area contributed by atoms with Crippen molar-refractivity contribution in [1.29, 1.82) is 0 Å². The Labute approximate surface area is 194 Å². The van der Waals surface area contributed by atoms with Crippen LogP contribution in [0.2, 0.25) is 0 Å². The summed E-state index contributed by atoms with van der Waals surface area (Å²) in [6.45, 7) is 4.50. The summed E-state index contributed by atoms with van der Waals surface area (Å²) < 4.78 is 19.9. The van der Waals surface area contributed by atoms with Gasteiger partial charge in [0.1, 0.15) is 17.3 Å². The van der Waals surface area contributed by atoms with Crippen LogP contribution in [0, 0.1) is 12.7 Å². The summed E-state index contributed by atoms with van der Waals surface area (Å²) in [4.78, 5) is 17.5. The van der Waals surface area contributed by atoms with Crippen LogP contribution in [0.3, 0.4) is 0 Å². The summed E-state index contributed by atoms with van der Waals surface area (Å²) in [5.41, 5.74) is 3.13. The number of ether oxygens (including phenoxy) is 1. The predicted octanol–water partition coefficient (Wildman–Crippen LogP) is 5.00. The molecule has 2 heterocycles. The van der Waals surface area contributed by atoms with Gasteiger partial charge >= 0.3 is 0 Å². The highest BCUT2D eigenvalue weighted by molar-refractivity contribution is 5.98. The van der Waals surface area contributed by atoms with Crippen LogP contribution in [0.5, 0.6) is 11.5 Å². The van der Waals surface area contributed by atoms with E-state index >= 15 is 0 Å². The Bertz CT molecular complexity index is 1100. The molecule has 0 aliphatic carbocycles. The summed E-state index contributed by atoms with van der Waals surface area (Å²) >= 11 is 0. The van der Waals surface area contributed by atoms with Crippen molar-refractivity contribution in [2.75, 3.05) is 33.7 Å². The van der Waals surface area contributed by atoms with Crippen molar-refractivity contribution in [3.63, 3.8) is 0 Å². The zero-order valence-electron chi connectivity index (χ0n) is 19.5. The van der Waals surface area contributed by atoms with Crippen LogP contribution in [0.4, 0.5) is 4.39 Å². The third kappa shape index (κ3) is 6.24. The third-order valence-electron chi connectivity index (χ3n) is 6.19. The molecule has 0 atom stereocenters. The molecule has 0 unspecified atom stereocenters. The first-order valence-corrected chi connectivity index (χ1v) is 11.4. The standard InChI is InChI=1S/C27H31FN3O2/c1-19-16-21(27(32)18-29-23-12-14-31(2,3)15-13-23)17-26(30-19)20-4-8-24(9-5-20)33-25-10-6-22(28)7-11-25/h4-11,16-17,23,29H,12-15,18H2,1-3H3/q+1. The van der Waals surface area contributed by atoms with E-state index in [4.69, 9.17) is 4.74 Å². The Kier molecular flexibility index (Phi) is 6.86. The maximum Gasteiger partial charge on any atom is 0.176 e. The lowest BCUT2D eigenvalue weighted by atomic mass is 10.0. The van der Waals surface area contributed by atoms with Crippen LogP contribution in [-0.4, -0.2) is 55.0 Å². The van der Waals surface area contributed by atoms with E-state index in [1.807, 2.05) is 43.3 Å². The molecule has 1 saturated heterocycles. The number of hydrogen-bond acceptors (Lipinski definition) is 4. The Morgan fingerprint density at radius 2 is 1.64 bits per heavy atom. The quantitative estimate of drug-likeness (QED) is 0.408. The first-order chi connectivity index (χ1) is 15.8. The van der Waals surface area contributed by atoms with Crippen LogP contribution in [0.25, 0.3) is 11.3 Å². The number of benzene rings is 2.